The first-order valence-corrected chi connectivity index (χ1v) is 4.74. The number of fused-ring (bicyclic) bond motifs is 1. The molecule has 1 heterocycles. The third kappa shape index (κ3) is 1.35. The van der Waals surface area contributed by atoms with Crippen molar-refractivity contribution in [2.45, 2.75) is 26.7 Å². The highest BCUT2D eigenvalue weighted by Gasteiger charge is 2.09. The molecule has 0 aliphatic heterocycles. The SMILES string of the molecule is Cc1nc2cc(C(C)C)cc(N)c2o1. The largest absolute Gasteiger partial charge is 0.439 e. The molecule has 3 heteroatoms. The smallest absolute Gasteiger partial charge is 0.192 e. The number of nitrogens with zero attached hydrogens (tertiary/aromatic N) is 1. The molecular formula is C11H14N2O. The zero-order valence-corrected chi connectivity index (χ0v) is 8.66. The monoisotopic (exact) mass is 190 g/mol. The van der Waals surface area contributed by atoms with Gasteiger partial charge in [-0.05, 0) is 23.6 Å². The van der Waals surface area contributed by atoms with Crippen LogP contribution in [0.1, 0.15) is 31.2 Å². The predicted octanol–water partition coefficient (Wildman–Crippen LogP) is 2.84. The highest BCUT2D eigenvalue weighted by atomic mass is 16.3. The fourth-order valence-corrected chi connectivity index (χ4v) is 1.53. The van der Waals surface area contributed by atoms with E-state index in [9.17, 15) is 0 Å². The van der Waals surface area contributed by atoms with Gasteiger partial charge in [-0.25, -0.2) is 4.98 Å². The number of nitrogen functional groups attached to an aromatic ring is 1. The number of oxazole rings is 1. The second-order valence-corrected chi connectivity index (χ2v) is 3.85. The lowest BCUT2D eigenvalue weighted by atomic mass is 10.0. The van der Waals surface area contributed by atoms with Crippen molar-refractivity contribution >= 4 is 16.8 Å². The van der Waals surface area contributed by atoms with Crippen LogP contribution in [0, 0.1) is 6.92 Å². The van der Waals surface area contributed by atoms with Gasteiger partial charge in [0, 0.05) is 6.92 Å². The lowest BCUT2D eigenvalue weighted by Gasteiger charge is -2.05. The Balaban J connectivity index is 2.71. The Bertz CT molecular complexity index is 471. The minimum atomic E-state index is 0.457. The van der Waals surface area contributed by atoms with Crippen molar-refractivity contribution < 1.29 is 4.42 Å². The summed E-state index contributed by atoms with van der Waals surface area (Å²) in [5, 5.41) is 0. The molecule has 0 aliphatic carbocycles. The van der Waals surface area contributed by atoms with Crippen molar-refractivity contribution in [1.82, 2.24) is 4.98 Å². The van der Waals surface area contributed by atoms with Gasteiger partial charge in [0.25, 0.3) is 0 Å². The van der Waals surface area contributed by atoms with Crippen LogP contribution in [-0.2, 0) is 0 Å². The fourth-order valence-electron chi connectivity index (χ4n) is 1.53. The Morgan fingerprint density at radius 3 is 2.71 bits per heavy atom. The first-order valence-electron chi connectivity index (χ1n) is 4.74. The molecule has 0 saturated heterocycles. The predicted molar refractivity (Wildman–Crippen MR) is 57.2 cm³/mol. The standard InChI is InChI=1S/C11H14N2O/c1-6(2)8-4-9(12)11-10(5-8)13-7(3)14-11/h4-6H,12H2,1-3H3. The van der Waals surface area contributed by atoms with Crippen LogP contribution in [-0.4, -0.2) is 4.98 Å². The normalized spacial score (nSPS) is 11.4. The van der Waals surface area contributed by atoms with Gasteiger partial charge in [0.15, 0.2) is 11.5 Å². The Morgan fingerprint density at radius 1 is 1.36 bits per heavy atom. The molecule has 14 heavy (non-hydrogen) atoms. The van der Waals surface area contributed by atoms with E-state index in [1.165, 1.54) is 5.56 Å². The van der Waals surface area contributed by atoms with E-state index in [1.54, 1.807) is 0 Å². The lowest BCUT2D eigenvalue weighted by molar-refractivity contribution is 0.562. The summed E-state index contributed by atoms with van der Waals surface area (Å²) in [5.41, 5.74) is 9.30. The van der Waals surface area contributed by atoms with E-state index in [2.05, 4.69) is 18.8 Å². The molecule has 1 aromatic heterocycles. The molecule has 2 rings (SSSR count). The van der Waals surface area contributed by atoms with Crippen LogP contribution in [0.3, 0.4) is 0 Å². The van der Waals surface area contributed by atoms with Crippen molar-refractivity contribution in [3.05, 3.63) is 23.6 Å². The van der Waals surface area contributed by atoms with Crippen LogP contribution in [0.5, 0.6) is 0 Å². The van der Waals surface area contributed by atoms with Gasteiger partial charge in [-0.1, -0.05) is 13.8 Å². The highest BCUT2D eigenvalue weighted by molar-refractivity contribution is 5.85. The molecule has 0 unspecified atom stereocenters. The first kappa shape index (κ1) is 9.06. The van der Waals surface area contributed by atoms with Crippen molar-refractivity contribution in [3.63, 3.8) is 0 Å². The van der Waals surface area contributed by atoms with E-state index >= 15 is 0 Å². The Kier molecular flexibility index (Phi) is 1.95. The maximum absolute atomic E-state index is 5.87. The van der Waals surface area contributed by atoms with Gasteiger partial charge >= 0.3 is 0 Å². The molecule has 0 bridgehead atoms. The maximum Gasteiger partial charge on any atom is 0.192 e. The number of anilines is 1. The number of hydrogen-bond acceptors (Lipinski definition) is 3. The molecule has 0 spiro atoms. The number of aromatic nitrogens is 1. The van der Waals surface area contributed by atoms with Crippen LogP contribution in [0.25, 0.3) is 11.1 Å². The summed E-state index contributed by atoms with van der Waals surface area (Å²) in [6.45, 7) is 6.09. The molecule has 74 valence electrons. The molecule has 0 atom stereocenters. The topological polar surface area (TPSA) is 52.0 Å². The Morgan fingerprint density at radius 2 is 2.07 bits per heavy atom. The van der Waals surface area contributed by atoms with Gasteiger partial charge in [-0.15, -0.1) is 0 Å². The molecule has 1 aromatic carbocycles. The molecule has 2 N–H and O–H groups in total. The van der Waals surface area contributed by atoms with E-state index < -0.39 is 0 Å². The van der Waals surface area contributed by atoms with Gasteiger partial charge < -0.3 is 10.2 Å². The summed E-state index contributed by atoms with van der Waals surface area (Å²) in [4.78, 5) is 4.27. The Hall–Kier alpha value is -1.51. The van der Waals surface area contributed by atoms with E-state index in [4.69, 9.17) is 10.2 Å². The Labute approximate surface area is 82.9 Å². The molecule has 0 fully saturated rings. The molecule has 0 aliphatic rings. The molecular weight excluding hydrogens is 176 g/mol. The maximum atomic E-state index is 5.87. The third-order valence-corrected chi connectivity index (χ3v) is 2.31. The second-order valence-electron chi connectivity index (χ2n) is 3.85. The minimum absolute atomic E-state index is 0.457. The van der Waals surface area contributed by atoms with Gasteiger partial charge in [-0.2, -0.15) is 0 Å². The van der Waals surface area contributed by atoms with Crippen LogP contribution < -0.4 is 5.73 Å². The van der Waals surface area contributed by atoms with E-state index in [1.807, 2.05) is 19.1 Å². The average molecular weight is 190 g/mol. The molecule has 0 amide bonds. The zero-order chi connectivity index (χ0) is 10.3. The number of aryl methyl sites for hydroxylation is 1. The summed E-state index contributed by atoms with van der Waals surface area (Å²) in [6.07, 6.45) is 0. The second kappa shape index (κ2) is 3.01. The average Bonchev–Trinajstić information content (AvgIpc) is 2.45. The summed E-state index contributed by atoms with van der Waals surface area (Å²) in [7, 11) is 0. The van der Waals surface area contributed by atoms with E-state index in [0.29, 0.717) is 23.1 Å². The van der Waals surface area contributed by atoms with Gasteiger partial charge in [0.05, 0.1) is 5.69 Å². The molecule has 0 saturated carbocycles. The molecule has 0 radical (unpaired) electrons. The van der Waals surface area contributed by atoms with Gasteiger partial charge in [-0.3, -0.25) is 0 Å². The van der Waals surface area contributed by atoms with Crippen LogP contribution in [0.4, 0.5) is 5.69 Å². The highest BCUT2D eigenvalue weighted by Crippen LogP contribution is 2.27. The lowest BCUT2D eigenvalue weighted by Crippen LogP contribution is -1.92. The molecule has 2 aromatic rings. The minimum Gasteiger partial charge on any atom is -0.439 e. The zero-order valence-electron chi connectivity index (χ0n) is 8.66. The van der Waals surface area contributed by atoms with Crippen molar-refractivity contribution in [1.29, 1.82) is 0 Å². The number of nitrogens with two attached hydrogens (primary N) is 1. The number of rotatable bonds is 1. The van der Waals surface area contributed by atoms with E-state index in [0.717, 1.165) is 5.52 Å². The van der Waals surface area contributed by atoms with E-state index in [-0.39, 0.29) is 0 Å². The van der Waals surface area contributed by atoms with Gasteiger partial charge in [0.2, 0.25) is 0 Å². The van der Waals surface area contributed by atoms with Crippen LogP contribution in [0.2, 0.25) is 0 Å². The summed E-state index contributed by atoms with van der Waals surface area (Å²) in [6, 6.07) is 3.99. The van der Waals surface area contributed by atoms with Crippen LogP contribution >= 0.6 is 0 Å². The molecule has 3 nitrogen and oxygen atoms in total. The van der Waals surface area contributed by atoms with Crippen molar-refractivity contribution in [2.24, 2.45) is 0 Å². The summed E-state index contributed by atoms with van der Waals surface area (Å²) >= 11 is 0. The van der Waals surface area contributed by atoms with Crippen molar-refractivity contribution in [3.8, 4) is 0 Å². The summed E-state index contributed by atoms with van der Waals surface area (Å²) < 4.78 is 5.40. The van der Waals surface area contributed by atoms with Crippen molar-refractivity contribution in [2.75, 3.05) is 5.73 Å². The number of benzene rings is 1. The summed E-state index contributed by atoms with van der Waals surface area (Å²) in [5.74, 6) is 1.12. The van der Waals surface area contributed by atoms with Gasteiger partial charge in [0.1, 0.15) is 5.52 Å². The van der Waals surface area contributed by atoms with Crippen LogP contribution in [0.15, 0.2) is 16.5 Å². The first-order chi connectivity index (χ1) is 6.58. The third-order valence-electron chi connectivity index (χ3n) is 2.31. The fraction of sp³-hybridized carbons (Fsp3) is 0.364. The quantitative estimate of drug-likeness (QED) is 0.703. The number of hydrogen-bond donors (Lipinski definition) is 1.